The van der Waals surface area contributed by atoms with E-state index in [2.05, 4.69) is 26.7 Å². The number of H-pyrrole nitrogens is 2. The number of nitrogen functional groups attached to an aromatic ring is 1. The molecule has 0 spiro atoms. The van der Waals surface area contributed by atoms with Gasteiger partial charge in [-0.15, -0.1) is 0 Å². The number of allylic oxidation sites excluding steroid dienone is 1. The first-order valence-electron chi connectivity index (χ1n) is 8.98. The summed E-state index contributed by atoms with van der Waals surface area (Å²) in [6.45, 7) is 5.97. The van der Waals surface area contributed by atoms with Crippen LogP contribution in [0.4, 0.5) is 10.1 Å². The van der Waals surface area contributed by atoms with Crippen molar-refractivity contribution in [2.24, 2.45) is 0 Å². The van der Waals surface area contributed by atoms with Crippen LogP contribution in [0.25, 0.3) is 49.4 Å². The van der Waals surface area contributed by atoms with Gasteiger partial charge in [0.2, 0.25) is 0 Å². The van der Waals surface area contributed by atoms with E-state index in [9.17, 15) is 9.18 Å². The molecule has 3 aromatic heterocycles. The molecule has 0 fully saturated rings. The fourth-order valence-electron chi connectivity index (χ4n) is 3.86. The molecule has 0 bridgehead atoms. The summed E-state index contributed by atoms with van der Waals surface area (Å²) in [4.78, 5) is 20.1. The van der Waals surface area contributed by atoms with Gasteiger partial charge < -0.3 is 10.7 Å². The Morgan fingerprint density at radius 1 is 1.17 bits per heavy atom. The van der Waals surface area contributed by atoms with E-state index in [1.165, 1.54) is 12.3 Å². The van der Waals surface area contributed by atoms with E-state index in [-0.39, 0.29) is 11.2 Å². The molecule has 0 atom stereocenters. The second-order valence-electron chi connectivity index (χ2n) is 7.02. The number of hydrogen-bond acceptors (Lipinski definition) is 4. The number of rotatable bonds is 2. The van der Waals surface area contributed by atoms with Gasteiger partial charge in [0, 0.05) is 33.5 Å². The summed E-state index contributed by atoms with van der Waals surface area (Å²) in [6.07, 6.45) is 3.23. The van der Waals surface area contributed by atoms with Gasteiger partial charge in [-0.05, 0) is 42.3 Å². The quantitative estimate of drug-likeness (QED) is 0.393. The minimum Gasteiger partial charge on any atom is -0.394 e. The topological polar surface area (TPSA) is 100 Å². The van der Waals surface area contributed by atoms with Crippen molar-refractivity contribution >= 4 is 44.0 Å². The van der Waals surface area contributed by atoms with Crippen molar-refractivity contribution in [3.05, 3.63) is 71.0 Å². The molecule has 6 nitrogen and oxygen atoms in total. The fraction of sp³-hybridized carbons (Fsp3) is 0.0455. The first-order chi connectivity index (χ1) is 14.0. The zero-order valence-electron chi connectivity index (χ0n) is 15.5. The van der Waals surface area contributed by atoms with Crippen molar-refractivity contribution in [3.8, 4) is 11.1 Å². The largest absolute Gasteiger partial charge is 0.394 e. The normalized spacial score (nSPS) is 11.5. The monoisotopic (exact) mass is 385 g/mol. The van der Waals surface area contributed by atoms with Gasteiger partial charge in [0.1, 0.15) is 17.0 Å². The lowest BCUT2D eigenvalue weighted by molar-refractivity contribution is 0.636. The molecule has 0 aliphatic carbocycles. The number of aromatic nitrogens is 4. The van der Waals surface area contributed by atoms with Crippen molar-refractivity contribution in [2.75, 3.05) is 5.73 Å². The molecule has 4 N–H and O–H groups in total. The number of hydrogen-bond donors (Lipinski definition) is 3. The maximum atomic E-state index is 14.2. The van der Waals surface area contributed by atoms with E-state index < -0.39 is 11.4 Å². The lowest BCUT2D eigenvalue weighted by Crippen LogP contribution is -2.14. The number of anilines is 1. The van der Waals surface area contributed by atoms with Crippen molar-refractivity contribution in [1.82, 2.24) is 20.2 Å². The number of aromatic amines is 2. The number of halogens is 1. The lowest BCUT2D eigenvalue weighted by Gasteiger charge is -2.15. The molecule has 3 heterocycles. The Balaban J connectivity index is 2.05. The Kier molecular flexibility index (Phi) is 3.54. The average Bonchev–Trinajstić information content (AvgIpc) is 3.20. The van der Waals surface area contributed by atoms with E-state index >= 15 is 0 Å². The standard InChI is InChI=1S/C22H16FN5O/c1-10(2)13-8-14-17(11-5-6-16(23)21-15(11)9-26-28-21)18(24)22(29)27-20(14)12-4-3-7-25-19(12)13/h3-9H,1,24H2,2H3,(H,26,28)(H,27,29). The average molecular weight is 385 g/mol. The van der Waals surface area contributed by atoms with Gasteiger partial charge in [-0.1, -0.05) is 12.6 Å². The van der Waals surface area contributed by atoms with Gasteiger partial charge in [-0.25, -0.2) is 4.39 Å². The van der Waals surface area contributed by atoms with Gasteiger partial charge >= 0.3 is 0 Å². The van der Waals surface area contributed by atoms with Crippen LogP contribution in [0.2, 0.25) is 0 Å². The van der Waals surface area contributed by atoms with Gasteiger partial charge in [-0.3, -0.25) is 14.9 Å². The van der Waals surface area contributed by atoms with Crippen LogP contribution in [-0.2, 0) is 0 Å². The van der Waals surface area contributed by atoms with E-state index in [1.807, 2.05) is 25.1 Å². The smallest absolute Gasteiger partial charge is 0.272 e. The number of nitrogens with one attached hydrogen (secondary N) is 2. The molecule has 142 valence electrons. The van der Waals surface area contributed by atoms with Crippen LogP contribution < -0.4 is 11.3 Å². The first kappa shape index (κ1) is 17.1. The molecule has 0 unspecified atom stereocenters. The summed E-state index contributed by atoms with van der Waals surface area (Å²) < 4.78 is 14.2. The second kappa shape index (κ2) is 6.00. The molecule has 5 rings (SSSR count). The number of nitrogens with two attached hydrogens (primary N) is 1. The maximum Gasteiger partial charge on any atom is 0.272 e. The highest BCUT2D eigenvalue weighted by Crippen LogP contribution is 2.39. The summed E-state index contributed by atoms with van der Waals surface area (Å²) in [5, 5.41) is 8.69. The van der Waals surface area contributed by atoms with Crippen molar-refractivity contribution < 1.29 is 4.39 Å². The number of nitrogens with zero attached hydrogens (tertiary/aromatic N) is 2. The molecule has 0 aliphatic rings. The zero-order chi connectivity index (χ0) is 20.3. The third kappa shape index (κ3) is 2.37. The van der Waals surface area contributed by atoms with Gasteiger partial charge in [-0.2, -0.15) is 5.10 Å². The Hall–Kier alpha value is -4.00. The number of benzene rings is 2. The Bertz CT molecular complexity index is 1530. The highest BCUT2D eigenvalue weighted by Gasteiger charge is 2.20. The van der Waals surface area contributed by atoms with Crippen molar-refractivity contribution in [3.63, 3.8) is 0 Å². The van der Waals surface area contributed by atoms with Crippen LogP contribution >= 0.6 is 0 Å². The minimum atomic E-state index is -0.425. The maximum absolute atomic E-state index is 14.2. The Labute approximate surface area is 163 Å². The van der Waals surface area contributed by atoms with Crippen LogP contribution in [-0.4, -0.2) is 20.2 Å². The van der Waals surface area contributed by atoms with E-state index in [1.54, 1.807) is 12.3 Å². The lowest BCUT2D eigenvalue weighted by atomic mass is 9.92. The van der Waals surface area contributed by atoms with E-state index in [0.29, 0.717) is 22.0 Å². The minimum absolute atomic E-state index is 0.0579. The second-order valence-corrected chi connectivity index (χ2v) is 7.02. The number of fused-ring (bicyclic) bond motifs is 4. The molecule has 7 heteroatoms. The molecule has 5 aromatic rings. The number of pyridine rings is 2. The van der Waals surface area contributed by atoms with Gasteiger partial charge in [0.15, 0.2) is 0 Å². The molecular formula is C22H16FN5O. The van der Waals surface area contributed by atoms with Crippen LogP contribution in [0.3, 0.4) is 0 Å². The van der Waals surface area contributed by atoms with Crippen molar-refractivity contribution in [2.45, 2.75) is 6.92 Å². The summed E-state index contributed by atoms with van der Waals surface area (Å²) >= 11 is 0. The van der Waals surface area contributed by atoms with Gasteiger partial charge in [0.05, 0.1) is 17.2 Å². The van der Waals surface area contributed by atoms with E-state index in [0.717, 1.165) is 27.4 Å². The zero-order valence-corrected chi connectivity index (χ0v) is 15.5. The molecular weight excluding hydrogens is 369 g/mol. The highest BCUT2D eigenvalue weighted by atomic mass is 19.1. The molecule has 0 aliphatic heterocycles. The molecule has 0 saturated carbocycles. The third-order valence-electron chi connectivity index (χ3n) is 5.21. The Morgan fingerprint density at radius 3 is 2.79 bits per heavy atom. The van der Waals surface area contributed by atoms with Gasteiger partial charge in [0.25, 0.3) is 5.56 Å². The van der Waals surface area contributed by atoms with Crippen LogP contribution in [0.5, 0.6) is 0 Å². The van der Waals surface area contributed by atoms with Crippen molar-refractivity contribution in [1.29, 1.82) is 0 Å². The molecule has 29 heavy (non-hydrogen) atoms. The first-order valence-corrected chi connectivity index (χ1v) is 8.98. The summed E-state index contributed by atoms with van der Waals surface area (Å²) in [7, 11) is 0. The molecule has 2 aromatic carbocycles. The summed E-state index contributed by atoms with van der Waals surface area (Å²) in [5.74, 6) is -0.425. The molecule has 0 radical (unpaired) electrons. The van der Waals surface area contributed by atoms with E-state index in [4.69, 9.17) is 5.73 Å². The highest BCUT2D eigenvalue weighted by molar-refractivity contribution is 6.16. The summed E-state index contributed by atoms with van der Waals surface area (Å²) in [6, 6.07) is 8.58. The summed E-state index contributed by atoms with van der Waals surface area (Å²) in [5.41, 5.74) is 10.3. The molecule has 0 saturated heterocycles. The third-order valence-corrected chi connectivity index (χ3v) is 5.21. The van der Waals surface area contributed by atoms with Crippen LogP contribution in [0.1, 0.15) is 12.5 Å². The van der Waals surface area contributed by atoms with Crippen LogP contribution in [0, 0.1) is 5.82 Å². The van der Waals surface area contributed by atoms with Crippen LogP contribution in [0.15, 0.2) is 54.1 Å². The predicted molar refractivity (Wildman–Crippen MR) is 114 cm³/mol. The SMILES string of the molecule is C=C(C)c1cc2c(-c3ccc(F)c4[nH]ncc34)c(N)c(=O)[nH]c2c2cccnc12. The predicted octanol–water partition coefficient (Wildman–Crippen LogP) is 4.37. The Morgan fingerprint density at radius 2 is 2.00 bits per heavy atom. The fourth-order valence-corrected chi connectivity index (χ4v) is 3.86. The molecule has 0 amide bonds.